The maximum Gasteiger partial charge on any atom is 0.335 e. The number of aliphatic carboxylic acids is 1. The monoisotopic (exact) mass is 206 g/mol. The summed E-state index contributed by atoms with van der Waals surface area (Å²) in [6, 6.07) is 0. The maximum atomic E-state index is 10.6. The van der Waals surface area contributed by atoms with E-state index >= 15 is 0 Å². The van der Waals surface area contributed by atoms with Gasteiger partial charge in [-0.3, -0.25) is 0 Å². The second-order valence-corrected chi connectivity index (χ2v) is 3.31. The Kier molecular flexibility index (Phi) is 3.43. The fraction of sp³-hybridized carbons (Fsp3) is 0.875. The van der Waals surface area contributed by atoms with Crippen LogP contribution in [0.15, 0.2) is 0 Å². The highest BCUT2D eigenvalue weighted by molar-refractivity contribution is 5.73. The maximum absolute atomic E-state index is 10.6. The van der Waals surface area contributed by atoms with Gasteiger partial charge in [-0.15, -0.1) is 0 Å². The number of carboxylic acid groups (broad SMARTS) is 1. The minimum Gasteiger partial charge on any atom is -0.479 e. The van der Waals surface area contributed by atoms with Crippen LogP contribution in [0.4, 0.5) is 0 Å². The molecule has 0 aromatic heterocycles. The molecule has 6 heteroatoms. The second kappa shape index (κ2) is 4.22. The van der Waals surface area contributed by atoms with Gasteiger partial charge in [-0.25, -0.2) is 4.79 Å². The molecule has 0 spiro atoms. The van der Waals surface area contributed by atoms with Crippen LogP contribution in [0.3, 0.4) is 0 Å². The first-order valence-electron chi connectivity index (χ1n) is 4.41. The number of carboxylic acids is 1. The molecule has 5 atom stereocenters. The molecule has 1 unspecified atom stereocenters. The zero-order chi connectivity index (χ0) is 10.9. The van der Waals surface area contributed by atoms with E-state index < -0.39 is 36.5 Å². The Hall–Kier alpha value is -0.690. The number of hydrogen-bond acceptors (Lipinski definition) is 5. The van der Waals surface area contributed by atoms with Gasteiger partial charge in [-0.1, -0.05) is 6.92 Å². The average molecular weight is 206 g/mol. The van der Waals surface area contributed by atoms with Gasteiger partial charge in [-0.2, -0.15) is 0 Å². The first-order chi connectivity index (χ1) is 6.49. The van der Waals surface area contributed by atoms with Gasteiger partial charge in [0.25, 0.3) is 0 Å². The largest absolute Gasteiger partial charge is 0.479 e. The van der Waals surface area contributed by atoms with Gasteiger partial charge in [0.1, 0.15) is 18.3 Å². The van der Waals surface area contributed by atoms with Crippen LogP contribution < -0.4 is 0 Å². The quantitative estimate of drug-likeness (QED) is 0.430. The summed E-state index contributed by atoms with van der Waals surface area (Å²) in [6.45, 7) is 1.69. The van der Waals surface area contributed by atoms with Crippen LogP contribution in [0.2, 0.25) is 0 Å². The summed E-state index contributed by atoms with van der Waals surface area (Å²) in [6.07, 6.45) is -6.17. The van der Waals surface area contributed by atoms with Crippen LogP contribution in [0, 0.1) is 0 Å². The predicted octanol–water partition coefficient (Wildman–Crippen LogP) is -1.67. The molecule has 1 fully saturated rings. The van der Waals surface area contributed by atoms with Crippen molar-refractivity contribution < 1.29 is 30.0 Å². The van der Waals surface area contributed by atoms with Crippen molar-refractivity contribution in [2.75, 3.05) is 0 Å². The van der Waals surface area contributed by atoms with Crippen LogP contribution in [-0.2, 0) is 9.53 Å². The molecule has 1 heterocycles. The molecule has 82 valence electrons. The minimum absolute atomic E-state index is 0.370. The van der Waals surface area contributed by atoms with E-state index in [0.29, 0.717) is 6.42 Å². The summed E-state index contributed by atoms with van der Waals surface area (Å²) in [5.41, 5.74) is 0. The molecule has 0 bridgehead atoms. The van der Waals surface area contributed by atoms with Crippen molar-refractivity contribution in [1.82, 2.24) is 0 Å². The number of aliphatic hydroxyl groups excluding tert-OH is 3. The van der Waals surface area contributed by atoms with Gasteiger partial charge in [0.2, 0.25) is 0 Å². The lowest BCUT2D eigenvalue weighted by molar-refractivity contribution is -0.227. The van der Waals surface area contributed by atoms with E-state index in [2.05, 4.69) is 0 Å². The molecule has 0 aliphatic carbocycles. The van der Waals surface area contributed by atoms with Gasteiger partial charge >= 0.3 is 5.97 Å². The van der Waals surface area contributed by atoms with Crippen molar-refractivity contribution in [1.29, 1.82) is 0 Å². The smallest absolute Gasteiger partial charge is 0.335 e. The molecule has 14 heavy (non-hydrogen) atoms. The van der Waals surface area contributed by atoms with Crippen molar-refractivity contribution in [2.24, 2.45) is 0 Å². The van der Waals surface area contributed by atoms with E-state index in [0.717, 1.165) is 0 Å². The first kappa shape index (κ1) is 11.4. The van der Waals surface area contributed by atoms with Crippen molar-refractivity contribution in [3.8, 4) is 0 Å². The van der Waals surface area contributed by atoms with E-state index in [9.17, 15) is 20.1 Å². The van der Waals surface area contributed by atoms with Crippen molar-refractivity contribution in [3.05, 3.63) is 0 Å². The molecule has 0 saturated carbocycles. The van der Waals surface area contributed by atoms with Crippen molar-refractivity contribution in [2.45, 2.75) is 43.9 Å². The highest BCUT2D eigenvalue weighted by atomic mass is 16.6. The lowest BCUT2D eigenvalue weighted by atomic mass is 9.94. The molecular weight excluding hydrogens is 192 g/mol. The van der Waals surface area contributed by atoms with Crippen LogP contribution in [0.5, 0.6) is 0 Å². The third kappa shape index (κ3) is 1.88. The lowest BCUT2D eigenvalue weighted by Crippen LogP contribution is -2.59. The molecule has 0 amide bonds. The van der Waals surface area contributed by atoms with Gasteiger partial charge in [-0.05, 0) is 6.42 Å². The fourth-order valence-electron chi connectivity index (χ4n) is 1.49. The molecule has 4 N–H and O–H groups in total. The van der Waals surface area contributed by atoms with Crippen molar-refractivity contribution >= 4 is 5.97 Å². The lowest BCUT2D eigenvalue weighted by Gasteiger charge is -2.38. The predicted molar refractivity (Wildman–Crippen MR) is 44.6 cm³/mol. The third-order valence-electron chi connectivity index (χ3n) is 2.36. The number of hydrogen-bond donors (Lipinski definition) is 4. The zero-order valence-corrected chi connectivity index (χ0v) is 7.70. The molecule has 0 aromatic carbocycles. The molecule has 0 aromatic rings. The number of ether oxygens (including phenoxy) is 1. The van der Waals surface area contributed by atoms with E-state index in [1.165, 1.54) is 0 Å². The Labute approximate surface area is 80.7 Å². The SMILES string of the molecule is CCC1O[C@H](C(=O)O)[C@@H](O)[C@H](O)[C@H]1O. The molecule has 1 aliphatic rings. The summed E-state index contributed by atoms with van der Waals surface area (Å²) in [5, 5.41) is 36.6. The summed E-state index contributed by atoms with van der Waals surface area (Å²) in [4.78, 5) is 10.6. The van der Waals surface area contributed by atoms with E-state index in [4.69, 9.17) is 9.84 Å². The van der Waals surface area contributed by atoms with Crippen LogP contribution in [0.25, 0.3) is 0 Å². The molecule has 1 aliphatic heterocycles. The van der Waals surface area contributed by atoms with Gasteiger partial charge in [0, 0.05) is 0 Å². The standard InChI is InChI=1S/C8H14O6/c1-2-3-4(9)5(10)6(11)7(14-3)8(12)13/h3-7,9-11H,2H2,1H3,(H,12,13)/t3?,4-,5+,6-,7-/m0/s1. The van der Waals surface area contributed by atoms with Crippen LogP contribution >= 0.6 is 0 Å². The van der Waals surface area contributed by atoms with Gasteiger partial charge in [0.05, 0.1) is 6.10 Å². The number of rotatable bonds is 2. The number of aliphatic hydroxyl groups is 3. The third-order valence-corrected chi connectivity index (χ3v) is 2.36. The first-order valence-corrected chi connectivity index (χ1v) is 4.41. The zero-order valence-electron chi connectivity index (χ0n) is 7.70. The van der Waals surface area contributed by atoms with Gasteiger partial charge in [0.15, 0.2) is 6.10 Å². The Morgan fingerprint density at radius 2 is 1.79 bits per heavy atom. The minimum atomic E-state index is -1.59. The molecule has 1 rings (SSSR count). The average Bonchev–Trinajstić information content (AvgIpc) is 2.14. The second-order valence-electron chi connectivity index (χ2n) is 3.31. The van der Waals surface area contributed by atoms with Gasteiger partial charge < -0.3 is 25.2 Å². The fourth-order valence-corrected chi connectivity index (χ4v) is 1.49. The summed E-state index contributed by atoms with van der Waals surface area (Å²) < 4.78 is 4.93. The topological polar surface area (TPSA) is 107 Å². The summed E-state index contributed by atoms with van der Waals surface area (Å²) >= 11 is 0. The highest BCUT2D eigenvalue weighted by Crippen LogP contribution is 2.23. The Morgan fingerprint density at radius 1 is 1.21 bits per heavy atom. The molecule has 1 saturated heterocycles. The van der Waals surface area contributed by atoms with Crippen LogP contribution in [-0.4, -0.2) is 56.9 Å². The Morgan fingerprint density at radius 3 is 2.21 bits per heavy atom. The molecule has 6 nitrogen and oxygen atoms in total. The Balaban J connectivity index is 2.78. The molecular formula is C8H14O6. The van der Waals surface area contributed by atoms with E-state index in [-0.39, 0.29) is 0 Å². The normalized spacial score (nSPS) is 43.6. The summed E-state index contributed by atoms with van der Waals surface area (Å²) in [5.74, 6) is -1.35. The van der Waals surface area contributed by atoms with E-state index in [1.807, 2.05) is 0 Å². The van der Waals surface area contributed by atoms with Crippen LogP contribution in [0.1, 0.15) is 13.3 Å². The molecule has 0 radical (unpaired) electrons. The highest BCUT2D eigenvalue weighted by Gasteiger charge is 2.45. The van der Waals surface area contributed by atoms with Crippen molar-refractivity contribution in [3.63, 3.8) is 0 Å². The Bertz CT molecular complexity index is 216. The van der Waals surface area contributed by atoms with E-state index in [1.54, 1.807) is 6.92 Å². The summed E-state index contributed by atoms with van der Waals surface area (Å²) in [7, 11) is 0. The number of carbonyl (C=O) groups is 1.